The van der Waals surface area contributed by atoms with Crippen molar-refractivity contribution < 1.29 is 4.79 Å². The number of aromatic nitrogens is 4. The number of thiazole rings is 1. The first-order valence-corrected chi connectivity index (χ1v) is 7.34. The van der Waals surface area contributed by atoms with Gasteiger partial charge in [0.25, 0.3) is 0 Å². The van der Waals surface area contributed by atoms with Gasteiger partial charge in [-0.1, -0.05) is 6.92 Å². The number of rotatable bonds is 5. The van der Waals surface area contributed by atoms with Crippen LogP contribution >= 0.6 is 11.3 Å². The van der Waals surface area contributed by atoms with Crippen LogP contribution < -0.4 is 5.32 Å². The van der Waals surface area contributed by atoms with Gasteiger partial charge in [0.1, 0.15) is 6.04 Å². The first kappa shape index (κ1) is 12.9. The molecule has 0 aliphatic carbocycles. The molecule has 1 N–H and O–H groups in total. The molecule has 104 valence electrons. The number of carbonyl (C=O) groups is 1. The molecule has 0 unspecified atom stereocenters. The average molecular weight is 289 g/mol. The highest BCUT2D eigenvalue weighted by Crippen LogP contribution is 2.12. The average Bonchev–Trinajstić information content (AvgIpc) is 3.13. The van der Waals surface area contributed by atoms with Crippen LogP contribution in [0.5, 0.6) is 0 Å². The lowest BCUT2D eigenvalue weighted by Crippen LogP contribution is -2.32. The Morgan fingerprint density at radius 2 is 2.40 bits per heavy atom. The Hall–Kier alpha value is -2.15. The fourth-order valence-electron chi connectivity index (χ4n) is 2.11. The first-order valence-electron chi connectivity index (χ1n) is 6.46. The van der Waals surface area contributed by atoms with Crippen LogP contribution in [-0.2, 0) is 11.3 Å². The molecule has 0 saturated carbocycles. The molecule has 7 heteroatoms. The summed E-state index contributed by atoms with van der Waals surface area (Å²) >= 11 is 1.58. The van der Waals surface area contributed by atoms with Gasteiger partial charge in [-0.3, -0.25) is 13.9 Å². The number of nitrogens with zero attached hydrogens (tertiary/aromatic N) is 4. The van der Waals surface area contributed by atoms with Gasteiger partial charge in [-0.25, -0.2) is 4.98 Å². The van der Waals surface area contributed by atoms with Crippen molar-refractivity contribution in [1.82, 2.24) is 24.5 Å². The number of imidazole rings is 1. The number of fused-ring (bicyclic) bond motifs is 1. The normalized spacial score (nSPS) is 12.7. The molecule has 3 heterocycles. The second-order valence-electron chi connectivity index (χ2n) is 4.45. The molecule has 0 saturated heterocycles. The van der Waals surface area contributed by atoms with E-state index >= 15 is 0 Å². The third kappa shape index (κ3) is 2.44. The molecule has 0 fully saturated rings. The minimum atomic E-state index is -0.270. The van der Waals surface area contributed by atoms with E-state index in [9.17, 15) is 4.79 Å². The van der Waals surface area contributed by atoms with E-state index in [1.807, 2.05) is 35.2 Å². The van der Waals surface area contributed by atoms with Gasteiger partial charge in [-0.05, 0) is 12.5 Å². The summed E-state index contributed by atoms with van der Waals surface area (Å²) in [5.74, 6) is -0.0347. The molecule has 20 heavy (non-hydrogen) atoms. The minimum Gasteiger partial charge on any atom is -0.349 e. The highest BCUT2D eigenvalue weighted by Gasteiger charge is 2.18. The van der Waals surface area contributed by atoms with Crippen molar-refractivity contribution in [3.8, 4) is 0 Å². The van der Waals surface area contributed by atoms with Gasteiger partial charge in [0.15, 0.2) is 4.96 Å². The van der Waals surface area contributed by atoms with Gasteiger partial charge in [0.05, 0.1) is 12.2 Å². The van der Waals surface area contributed by atoms with E-state index in [1.54, 1.807) is 28.4 Å². The summed E-state index contributed by atoms with van der Waals surface area (Å²) in [5, 5.41) is 9.03. The van der Waals surface area contributed by atoms with Gasteiger partial charge in [0.2, 0.25) is 5.91 Å². The van der Waals surface area contributed by atoms with Crippen LogP contribution in [-0.4, -0.2) is 25.1 Å². The molecule has 0 bridgehead atoms. The largest absolute Gasteiger partial charge is 0.349 e. The van der Waals surface area contributed by atoms with Crippen LogP contribution in [0.3, 0.4) is 0 Å². The van der Waals surface area contributed by atoms with Crippen molar-refractivity contribution >= 4 is 22.2 Å². The summed E-state index contributed by atoms with van der Waals surface area (Å²) in [7, 11) is 0. The minimum absolute atomic E-state index is 0.0347. The number of hydrogen-bond donors (Lipinski definition) is 1. The van der Waals surface area contributed by atoms with Gasteiger partial charge >= 0.3 is 0 Å². The van der Waals surface area contributed by atoms with Crippen LogP contribution in [0.4, 0.5) is 0 Å². The number of nitrogens with one attached hydrogen (secondary N) is 1. The first-order chi connectivity index (χ1) is 9.78. The molecule has 3 rings (SSSR count). The summed E-state index contributed by atoms with van der Waals surface area (Å²) in [6, 6.07) is 1.55. The van der Waals surface area contributed by atoms with E-state index in [4.69, 9.17) is 0 Å². The van der Waals surface area contributed by atoms with E-state index in [1.165, 1.54) is 0 Å². The second kappa shape index (κ2) is 5.46. The molecule has 1 atom stereocenters. The van der Waals surface area contributed by atoms with Gasteiger partial charge in [0, 0.05) is 30.2 Å². The summed E-state index contributed by atoms with van der Waals surface area (Å²) in [4.78, 5) is 17.6. The standard InChI is InChI=1S/C13H15N5OS/c1-2-11(18-5-3-4-15-18)12(19)14-8-10-9-17-6-7-20-13(17)16-10/h3-7,9,11H,2,8H2,1H3,(H,14,19)/t11-/m1/s1. The highest BCUT2D eigenvalue weighted by atomic mass is 32.1. The SMILES string of the molecule is CC[C@H](C(=O)NCc1cn2ccsc2n1)n1cccn1. The number of amides is 1. The van der Waals surface area contributed by atoms with Crippen molar-refractivity contribution in [2.24, 2.45) is 0 Å². The summed E-state index contributed by atoms with van der Waals surface area (Å²) < 4.78 is 3.64. The van der Waals surface area contributed by atoms with E-state index in [0.29, 0.717) is 13.0 Å². The van der Waals surface area contributed by atoms with E-state index in [-0.39, 0.29) is 11.9 Å². The fraction of sp³-hybridized carbons (Fsp3) is 0.308. The zero-order valence-corrected chi connectivity index (χ0v) is 11.9. The quantitative estimate of drug-likeness (QED) is 0.779. The molecule has 3 aromatic rings. The van der Waals surface area contributed by atoms with Crippen LogP contribution in [0, 0.1) is 0 Å². The predicted octanol–water partition coefficient (Wildman–Crippen LogP) is 1.86. The molecule has 0 spiro atoms. The topological polar surface area (TPSA) is 64.2 Å². The van der Waals surface area contributed by atoms with Gasteiger partial charge in [-0.15, -0.1) is 11.3 Å². The Morgan fingerprint density at radius 3 is 3.10 bits per heavy atom. The Balaban J connectivity index is 1.65. The molecular weight excluding hydrogens is 274 g/mol. The van der Waals surface area contributed by atoms with Crippen molar-refractivity contribution in [3.63, 3.8) is 0 Å². The summed E-state index contributed by atoms with van der Waals surface area (Å²) in [6.07, 6.45) is 8.07. The molecule has 0 aliphatic rings. The summed E-state index contributed by atoms with van der Waals surface area (Å²) in [6.45, 7) is 2.41. The van der Waals surface area contributed by atoms with Crippen LogP contribution in [0.1, 0.15) is 25.1 Å². The molecular formula is C13H15N5OS. The third-order valence-corrected chi connectivity index (χ3v) is 3.89. The molecule has 3 aromatic heterocycles. The van der Waals surface area contributed by atoms with Crippen molar-refractivity contribution in [2.75, 3.05) is 0 Å². The molecule has 0 aliphatic heterocycles. The predicted molar refractivity (Wildman–Crippen MR) is 76.5 cm³/mol. The zero-order valence-electron chi connectivity index (χ0n) is 11.1. The lowest BCUT2D eigenvalue weighted by atomic mass is 10.2. The molecule has 1 amide bonds. The lowest BCUT2D eigenvalue weighted by molar-refractivity contribution is -0.124. The van der Waals surface area contributed by atoms with Crippen LogP contribution in [0.25, 0.3) is 4.96 Å². The fourth-order valence-corrected chi connectivity index (χ4v) is 2.83. The van der Waals surface area contributed by atoms with Gasteiger partial charge in [-0.2, -0.15) is 5.10 Å². The maximum atomic E-state index is 12.2. The van der Waals surface area contributed by atoms with E-state index in [0.717, 1.165) is 10.7 Å². The maximum Gasteiger partial charge on any atom is 0.245 e. The summed E-state index contributed by atoms with van der Waals surface area (Å²) in [5.41, 5.74) is 0.862. The lowest BCUT2D eigenvalue weighted by Gasteiger charge is -2.14. The Labute approximate surface area is 120 Å². The molecule has 0 radical (unpaired) electrons. The Morgan fingerprint density at radius 1 is 1.50 bits per heavy atom. The highest BCUT2D eigenvalue weighted by molar-refractivity contribution is 7.15. The van der Waals surface area contributed by atoms with Crippen molar-refractivity contribution in [2.45, 2.75) is 25.9 Å². The van der Waals surface area contributed by atoms with Crippen molar-refractivity contribution in [1.29, 1.82) is 0 Å². The van der Waals surface area contributed by atoms with E-state index < -0.39 is 0 Å². The van der Waals surface area contributed by atoms with Crippen LogP contribution in [0.2, 0.25) is 0 Å². The Bertz CT molecular complexity index is 671. The molecule has 6 nitrogen and oxygen atoms in total. The third-order valence-electron chi connectivity index (χ3n) is 3.12. The second-order valence-corrected chi connectivity index (χ2v) is 5.33. The molecule has 0 aromatic carbocycles. The van der Waals surface area contributed by atoms with Crippen LogP contribution in [0.15, 0.2) is 36.2 Å². The number of hydrogen-bond acceptors (Lipinski definition) is 4. The Kier molecular flexibility index (Phi) is 3.51. The van der Waals surface area contributed by atoms with E-state index in [2.05, 4.69) is 15.4 Å². The smallest absolute Gasteiger partial charge is 0.245 e. The van der Waals surface area contributed by atoms with Crippen molar-refractivity contribution in [3.05, 3.63) is 41.9 Å². The van der Waals surface area contributed by atoms with Gasteiger partial charge < -0.3 is 5.32 Å². The monoisotopic (exact) mass is 289 g/mol. The zero-order chi connectivity index (χ0) is 13.9. The number of carbonyl (C=O) groups excluding carboxylic acids is 1. The maximum absolute atomic E-state index is 12.2.